The number of pyridine rings is 4. The number of rotatable bonds is 24. The van der Waals surface area contributed by atoms with Crippen LogP contribution >= 0.6 is 0 Å². The van der Waals surface area contributed by atoms with Crippen LogP contribution in [0.1, 0.15) is 158 Å². The molecule has 4 amide bonds. The smallest absolute Gasteiger partial charge is 0.336 e. The molecule has 9 aromatic carbocycles. The number of aromatic nitrogens is 4. The zero-order chi connectivity index (χ0) is 82.4. The van der Waals surface area contributed by atoms with Gasteiger partial charge in [0.25, 0.3) is 23.6 Å². The van der Waals surface area contributed by atoms with Crippen molar-refractivity contribution in [2.75, 3.05) is 26.4 Å². The highest BCUT2D eigenvalue weighted by Crippen LogP contribution is 2.59. The predicted molar refractivity (Wildman–Crippen MR) is 443 cm³/mol. The Morgan fingerprint density at radius 1 is 0.356 bits per heavy atom. The molecule has 0 bridgehead atoms. The van der Waals surface area contributed by atoms with Crippen LogP contribution in [-0.2, 0) is 53.6 Å². The van der Waals surface area contributed by atoms with E-state index in [1.165, 1.54) is 24.5 Å². The Morgan fingerprint density at radius 2 is 0.627 bits per heavy atom. The highest BCUT2D eigenvalue weighted by Gasteiger charge is 2.48. The Hall–Kier alpha value is -13.2. The third-order valence-electron chi connectivity index (χ3n) is 21.8. The fourth-order valence-electron chi connectivity index (χ4n) is 15.2. The van der Waals surface area contributed by atoms with Crippen LogP contribution in [0.25, 0.3) is 43.1 Å². The van der Waals surface area contributed by atoms with Crippen molar-refractivity contribution in [2.24, 2.45) is 0 Å². The average Bonchev–Trinajstić information content (AvgIpc) is 0.751. The van der Waals surface area contributed by atoms with Crippen LogP contribution in [0.4, 0.5) is 0 Å². The molecule has 0 spiro atoms. The lowest BCUT2D eigenvalue weighted by Gasteiger charge is -2.35. The van der Waals surface area contributed by atoms with Gasteiger partial charge in [-0.3, -0.25) is 38.9 Å². The van der Waals surface area contributed by atoms with Crippen LogP contribution in [0.5, 0.6) is 69.3 Å². The van der Waals surface area contributed by atoms with E-state index in [0.717, 1.165) is 32.1 Å². The largest absolute Gasteiger partial charge is 0.491 e. The minimum absolute atomic E-state index is 0.0251. The van der Waals surface area contributed by atoms with Gasteiger partial charge in [-0.25, -0.2) is 19.6 Å². The van der Waals surface area contributed by atoms with E-state index in [1.54, 1.807) is 85.5 Å². The quantitative estimate of drug-likeness (QED) is 0.0179. The number of ether oxygens (including phenoxy) is 10. The summed E-state index contributed by atoms with van der Waals surface area (Å²) in [5.74, 6) is -3.92. The van der Waals surface area contributed by atoms with E-state index in [2.05, 4.69) is 103 Å². The Bertz CT molecular complexity index is 5520. The minimum atomic E-state index is -1.69. The van der Waals surface area contributed by atoms with Gasteiger partial charge in [0.15, 0.2) is 0 Å². The van der Waals surface area contributed by atoms with E-state index in [4.69, 9.17) is 47.4 Å². The normalized spacial score (nSPS) is 15.8. The molecule has 8 heterocycles. The number of imide groups is 2. The van der Waals surface area contributed by atoms with Crippen molar-refractivity contribution in [2.45, 2.75) is 142 Å². The molecule has 22 nitrogen and oxygen atoms in total. The number of fused-ring (bicyclic) bond motifs is 2. The molecule has 0 N–H and O–H groups in total. The number of carbonyl (C=O) groups is 6. The van der Waals surface area contributed by atoms with Crippen LogP contribution in [-0.4, -0.2) is 116 Å². The first-order valence-corrected chi connectivity index (χ1v) is 39.3. The second-order valence-electron chi connectivity index (χ2n) is 34.3. The second-order valence-corrected chi connectivity index (χ2v) is 34.3. The van der Waals surface area contributed by atoms with Gasteiger partial charge in [-0.05, 0) is 164 Å². The number of esters is 2. The molecule has 13 aromatic rings. The summed E-state index contributed by atoms with van der Waals surface area (Å²) in [6, 6.07) is 45.9. The van der Waals surface area contributed by atoms with Crippen molar-refractivity contribution in [3.8, 4) is 69.3 Å². The summed E-state index contributed by atoms with van der Waals surface area (Å²) in [5, 5.41) is 1.60. The van der Waals surface area contributed by atoms with Gasteiger partial charge in [-0.2, -0.15) is 0 Å². The maximum Gasteiger partial charge on any atom is 0.336 e. The third kappa shape index (κ3) is 15.4. The second kappa shape index (κ2) is 30.1. The maximum atomic E-state index is 16.8. The first-order valence-electron chi connectivity index (χ1n) is 39.3. The molecule has 4 aromatic heterocycles. The lowest BCUT2D eigenvalue weighted by Crippen LogP contribution is -2.53. The molecule has 596 valence electrons. The summed E-state index contributed by atoms with van der Waals surface area (Å²) >= 11 is 0. The van der Waals surface area contributed by atoms with E-state index in [-0.39, 0.29) is 160 Å². The highest BCUT2D eigenvalue weighted by atomic mass is 16.6. The molecule has 17 rings (SSSR count). The molecule has 4 aliphatic rings. The van der Waals surface area contributed by atoms with Gasteiger partial charge in [0.1, 0.15) is 95.0 Å². The van der Waals surface area contributed by atoms with Gasteiger partial charge in [0.05, 0.1) is 35.5 Å². The molecule has 0 saturated carbocycles. The molecule has 118 heavy (non-hydrogen) atoms. The summed E-state index contributed by atoms with van der Waals surface area (Å²) in [6.07, 6.45) is 8.34. The molecule has 2 saturated heterocycles. The predicted octanol–water partition coefficient (Wildman–Crippen LogP) is 18.9. The number of nitrogens with zero attached hydrogens (tertiary/aromatic N) is 6. The van der Waals surface area contributed by atoms with Crippen LogP contribution < -0.4 is 37.9 Å². The number of hydrogen-bond donors (Lipinski definition) is 0. The average molecular weight is 1580 g/mol. The summed E-state index contributed by atoms with van der Waals surface area (Å²) < 4.78 is 64.7. The zero-order valence-electron chi connectivity index (χ0n) is 67.4. The van der Waals surface area contributed by atoms with Crippen molar-refractivity contribution < 1.29 is 76.1 Å². The molecule has 4 unspecified atom stereocenters. The van der Waals surface area contributed by atoms with E-state index < -0.39 is 47.7 Å². The van der Waals surface area contributed by atoms with Crippen molar-refractivity contribution in [1.29, 1.82) is 0 Å². The van der Waals surface area contributed by atoms with Crippen molar-refractivity contribution in [3.63, 3.8) is 0 Å². The number of epoxide rings is 2. The Morgan fingerprint density at radius 3 is 0.881 bits per heavy atom. The SMILES string of the molecule is CC(C)(C)c1ccc(Oc2cc3c4c(cc(Oc5ccc(C(C)(C)C)cc5)c5c6c(Oc7ccc(C(C)(C)C)cc7)cc7c8c(cc(Oc9ccc(C(C)(C)C)cc9)c(c2c45)c86)C(=O)N(C(Cc2ccncc2)C(=O)Oc2cc(OCC4CO4)ccn2)C7=O)C(=O)N(C(Cc2ccncc2)C(=O)Oc2cc(OCC4CO4)ccn2)C3=O)cc1. The van der Waals surface area contributed by atoms with Gasteiger partial charge in [-0.1, -0.05) is 132 Å². The van der Waals surface area contributed by atoms with Gasteiger partial charge >= 0.3 is 11.9 Å². The summed E-state index contributed by atoms with van der Waals surface area (Å²) in [6.45, 7) is 26.7. The molecule has 4 aliphatic heterocycles. The molecular weight excluding hydrogens is 1490 g/mol. The van der Waals surface area contributed by atoms with E-state index in [9.17, 15) is 0 Å². The lowest BCUT2D eigenvalue weighted by atomic mass is 9.80. The van der Waals surface area contributed by atoms with Crippen LogP contribution in [0, 0.1) is 0 Å². The van der Waals surface area contributed by atoms with E-state index in [0.29, 0.717) is 58.8 Å². The van der Waals surface area contributed by atoms with Crippen LogP contribution in [0.3, 0.4) is 0 Å². The molecular formula is C96H86N6O16. The number of amides is 4. The first kappa shape index (κ1) is 77.4. The lowest BCUT2D eigenvalue weighted by molar-refractivity contribution is -0.139. The number of hydrogen-bond acceptors (Lipinski definition) is 20. The fourth-order valence-corrected chi connectivity index (χ4v) is 15.2. The van der Waals surface area contributed by atoms with Gasteiger partial charge in [-0.15, -0.1) is 0 Å². The third-order valence-corrected chi connectivity index (χ3v) is 21.8. The van der Waals surface area contributed by atoms with Gasteiger partial charge in [0, 0.05) is 105 Å². The minimum Gasteiger partial charge on any atom is -0.491 e. The van der Waals surface area contributed by atoms with Crippen molar-refractivity contribution in [1.82, 2.24) is 29.7 Å². The monoisotopic (exact) mass is 1580 g/mol. The van der Waals surface area contributed by atoms with Crippen molar-refractivity contribution >= 4 is 78.7 Å². The topological polar surface area (TPSA) is 259 Å². The molecule has 0 aliphatic carbocycles. The maximum absolute atomic E-state index is 16.8. The van der Waals surface area contributed by atoms with E-state index >= 15 is 28.8 Å². The first-order chi connectivity index (χ1) is 56.4. The van der Waals surface area contributed by atoms with Gasteiger partial charge < -0.3 is 47.4 Å². The standard InChI is InChI=1S/C96H86N6O16/c1-93(2,3)55-13-21-59(22-14-55)113-73-45-67-79-68(88(104)101(87(67)103)71(41-53-29-35-97-36-30-53)91(107)117-77-43-63(33-39-99-77)109-49-65-51-111-65)47-75(115-61-25-17-57(18-26-61)95(7,8)9)83-84-76(116-62-27-19-58(20-28-62)96(10,11)12)48-70-80-69(46-74(82(86(80)84)81(73)85(79)83)114-60-23-15-56(16-24-60)94(4,5)6)89(105)102(90(70)106)72(42-54-31-37-98-38-32-54)92(108)118-78-44-64(34-40-100-78)110-50-66-52-112-66/h13-40,43-48,65-66,71-72H,41-42,49-52H2,1-12H3. The summed E-state index contributed by atoms with van der Waals surface area (Å²) in [4.78, 5) is 118. The molecule has 0 radical (unpaired) electrons. The molecule has 22 heteroatoms. The summed E-state index contributed by atoms with van der Waals surface area (Å²) in [7, 11) is 0. The summed E-state index contributed by atoms with van der Waals surface area (Å²) in [5.41, 5.74) is 3.44. The molecule has 2 fully saturated rings. The number of carbonyl (C=O) groups excluding carboxylic acids is 6. The van der Waals surface area contributed by atoms with E-state index in [1.807, 2.05) is 97.1 Å². The Labute approximate surface area is 681 Å². The Kier molecular flexibility index (Phi) is 19.8. The fraction of sp³-hybridized carbons (Fsp3) is 0.271. The highest BCUT2D eigenvalue weighted by molar-refractivity contribution is 6.45. The Balaban J connectivity index is 0.971. The van der Waals surface area contributed by atoms with Gasteiger partial charge in [0.2, 0.25) is 11.8 Å². The van der Waals surface area contributed by atoms with Crippen molar-refractivity contribution in [3.05, 3.63) is 263 Å². The molecule has 4 atom stereocenters. The number of benzene rings is 9. The van der Waals surface area contributed by atoms with Crippen LogP contribution in [0.2, 0.25) is 0 Å². The van der Waals surface area contributed by atoms with Crippen LogP contribution in [0.15, 0.2) is 207 Å². The zero-order valence-corrected chi connectivity index (χ0v) is 67.4.